The highest BCUT2D eigenvalue weighted by Gasteiger charge is 2.19. The second kappa shape index (κ2) is 8.85. The number of benzene rings is 2. The molecular weight excluding hydrogens is 412 g/mol. The molecule has 1 saturated heterocycles. The summed E-state index contributed by atoms with van der Waals surface area (Å²) in [6.45, 7) is 6.15. The molecule has 2 aromatic carbocycles. The number of piperazine rings is 1. The number of nitrogens with zero attached hydrogens (tertiary/aromatic N) is 2. The predicted molar refractivity (Wildman–Crippen MR) is 111 cm³/mol. The molecule has 26 heavy (non-hydrogen) atoms. The predicted octanol–water partition coefficient (Wildman–Crippen LogP) is 4.77. The molecule has 3 rings (SSSR count). The van der Waals surface area contributed by atoms with E-state index in [4.69, 9.17) is 11.6 Å². The zero-order valence-corrected chi connectivity index (χ0v) is 17.1. The molecule has 3 nitrogen and oxygen atoms in total. The molecule has 1 amide bonds. The maximum Gasteiger partial charge on any atom is 0.246 e. The van der Waals surface area contributed by atoms with Crippen LogP contribution in [0.25, 0.3) is 6.08 Å². The number of carbonyl (C=O) groups excluding carboxylic acids is 1. The quantitative estimate of drug-likeness (QED) is 0.649. The van der Waals surface area contributed by atoms with Gasteiger partial charge in [-0.3, -0.25) is 9.69 Å². The number of halogens is 2. The molecule has 136 valence electrons. The highest BCUT2D eigenvalue weighted by Crippen LogP contribution is 2.18. The molecule has 0 bridgehead atoms. The van der Waals surface area contributed by atoms with Crippen LogP contribution in [0.2, 0.25) is 5.02 Å². The number of aryl methyl sites for hydroxylation is 1. The average Bonchev–Trinajstić information content (AvgIpc) is 2.65. The second-order valence-electron chi connectivity index (χ2n) is 6.57. The van der Waals surface area contributed by atoms with E-state index in [1.54, 1.807) is 6.08 Å². The minimum atomic E-state index is 0.0750. The summed E-state index contributed by atoms with van der Waals surface area (Å²) in [5.74, 6) is 0.0750. The third kappa shape index (κ3) is 5.19. The zero-order chi connectivity index (χ0) is 18.5. The number of hydrogen-bond donors (Lipinski definition) is 0. The van der Waals surface area contributed by atoms with E-state index in [-0.39, 0.29) is 5.91 Å². The standard InChI is InChI=1S/C21H22BrClN2O/c1-16-2-3-18(14-20(16)23)15-24-10-12-25(13-11-24)21(26)9-6-17-4-7-19(22)8-5-17/h2-9,14H,10-13,15H2,1H3/b9-6+. The van der Waals surface area contributed by atoms with Crippen molar-refractivity contribution >= 4 is 39.5 Å². The van der Waals surface area contributed by atoms with Crippen LogP contribution in [0.4, 0.5) is 0 Å². The first-order chi connectivity index (χ1) is 12.5. The third-order valence-electron chi connectivity index (χ3n) is 4.61. The van der Waals surface area contributed by atoms with Crippen LogP contribution in [0, 0.1) is 6.92 Å². The van der Waals surface area contributed by atoms with Crippen molar-refractivity contribution in [2.24, 2.45) is 0 Å². The molecule has 0 spiro atoms. The van der Waals surface area contributed by atoms with Crippen molar-refractivity contribution in [2.45, 2.75) is 13.5 Å². The molecule has 0 aromatic heterocycles. The number of hydrogen-bond acceptors (Lipinski definition) is 2. The molecular formula is C21H22BrClN2O. The summed E-state index contributed by atoms with van der Waals surface area (Å²) in [6.07, 6.45) is 3.54. The molecule has 0 radical (unpaired) electrons. The Labute approximate surface area is 168 Å². The van der Waals surface area contributed by atoms with E-state index in [0.29, 0.717) is 0 Å². The maximum atomic E-state index is 12.4. The Hall–Kier alpha value is -1.62. The number of rotatable bonds is 4. The number of amides is 1. The maximum absolute atomic E-state index is 12.4. The smallest absolute Gasteiger partial charge is 0.246 e. The fraction of sp³-hybridized carbons (Fsp3) is 0.286. The normalized spacial score (nSPS) is 15.6. The summed E-state index contributed by atoms with van der Waals surface area (Å²) in [5, 5.41) is 0.814. The molecule has 0 atom stereocenters. The van der Waals surface area contributed by atoms with Crippen LogP contribution >= 0.6 is 27.5 Å². The molecule has 0 N–H and O–H groups in total. The second-order valence-corrected chi connectivity index (χ2v) is 7.89. The van der Waals surface area contributed by atoms with Crippen molar-refractivity contribution in [3.8, 4) is 0 Å². The summed E-state index contributed by atoms with van der Waals surface area (Å²) >= 11 is 9.62. The van der Waals surface area contributed by atoms with Gasteiger partial charge in [0.25, 0.3) is 0 Å². The Morgan fingerprint density at radius 2 is 1.81 bits per heavy atom. The first-order valence-electron chi connectivity index (χ1n) is 8.71. The van der Waals surface area contributed by atoms with E-state index >= 15 is 0 Å². The Morgan fingerprint density at radius 3 is 2.46 bits per heavy atom. The van der Waals surface area contributed by atoms with Gasteiger partial charge in [-0.05, 0) is 47.9 Å². The largest absolute Gasteiger partial charge is 0.337 e. The van der Waals surface area contributed by atoms with E-state index < -0.39 is 0 Å². The monoisotopic (exact) mass is 432 g/mol. The summed E-state index contributed by atoms with van der Waals surface area (Å²) in [7, 11) is 0. The first-order valence-corrected chi connectivity index (χ1v) is 9.88. The summed E-state index contributed by atoms with van der Waals surface area (Å²) in [6, 6.07) is 14.1. The Morgan fingerprint density at radius 1 is 1.12 bits per heavy atom. The van der Waals surface area contributed by atoms with Crippen LogP contribution in [0.1, 0.15) is 16.7 Å². The van der Waals surface area contributed by atoms with Crippen molar-refractivity contribution in [2.75, 3.05) is 26.2 Å². The van der Waals surface area contributed by atoms with E-state index in [9.17, 15) is 4.79 Å². The highest BCUT2D eigenvalue weighted by molar-refractivity contribution is 9.10. The zero-order valence-electron chi connectivity index (χ0n) is 14.8. The summed E-state index contributed by atoms with van der Waals surface area (Å²) in [4.78, 5) is 16.7. The molecule has 1 aliphatic heterocycles. The van der Waals surface area contributed by atoms with Crippen LogP contribution in [0.15, 0.2) is 53.0 Å². The Kier molecular flexibility index (Phi) is 6.52. The van der Waals surface area contributed by atoms with E-state index in [0.717, 1.165) is 53.3 Å². The lowest BCUT2D eigenvalue weighted by Gasteiger charge is -2.34. The first kappa shape index (κ1) is 19.2. The molecule has 5 heteroatoms. The SMILES string of the molecule is Cc1ccc(CN2CCN(C(=O)/C=C/c3ccc(Br)cc3)CC2)cc1Cl. The van der Waals surface area contributed by atoms with Crippen LogP contribution in [0.5, 0.6) is 0 Å². The van der Waals surface area contributed by atoms with Crippen molar-refractivity contribution in [3.63, 3.8) is 0 Å². The number of carbonyl (C=O) groups is 1. The van der Waals surface area contributed by atoms with Crippen molar-refractivity contribution in [1.29, 1.82) is 0 Å². The fourth-order valence-corrected chi connectivity index (χ4v) is 3.43. The van der Waals surface area contributed by atoms with Gasteiger partial charge in [-0.1, -0.05) is 51.8 Å². The topological polar surface area (TPSA) is 23.6 Å². The molecule has 1 fully saturated rings. The van der Waals surface area contributed by atoms with E-state index in [1.165, 1.54) is 5.56 Å². The van der Waals surface area contributed by atoms with Gasteiger partial charge in [0, 0.05) is 48.3 Å². The van der Waals surface area contributed by atoms with E-state index in [2.05, 4.69) is 33.0 Å². The van der Waals surface area contributed by atoms with Gasteiger partial charge in [0.1, 0.15) is 0 Å². The van der Waals surface area contributed by atoms with Crippen molar-refractivity contribution < 1.29 is 4.79 Å². The Balaban J connectivity index is 1.50. The van der Waals surface area contributed by atoms with E-state index in [1.807, 2.05) is 48.2 Å². The highest BCUT2D eigenvalue weighted by atomic mass is 79.9. The van der Waals surface area contributed by atoms with Crippen LogP contribution < -0.4 is 0 Å². The van der Waals surface area contributed by atoms with Gasteiger partial charge >= 0.3 is 0 Å². The molecule has 0 unspecified atom stereocenters. The average molecular weight is 434 g/mol. The molecule has 1 aliphatic rings. The lowest BCUT2D eigenvalue weighted by Crippen LogP contribution is -2.47. The van der Waals surface area contributed by atoms with Crippen LogP contribution in [0.3, 0.4) is 0 Å². The Bertz CT molecular complexity index is 796. The van der Waals surface area contributed by atoms with Gasteiger partial charge in [0.2, 0.25) is 5.91 Å². The minimum Gasteiger partial charge on any atom is -0.337 e. The van der Waals surface area contributed by atoms with Crippen LogP contribution in [-0.2, 0) is 11.3 Å². The van der Waals surface area contributed by atoms with Crippen molar-refractivity contribution in [3.05, 3.63) is 74.7 Å². The molecule has 0 saturated carbocycles. The van der Waals surface area contributed by atoms with Crippen LogP contribution in [-0.4, -0.2) is 41.9 Å². The van der Waals surface area contributed by atoms with Crippen molar-refractivity contribution in [1.82, 2.24) is 9.80 Å². The van der Waals surface area contributed by atoms with Gasteiger partial charge in [0.05, 0.1) is 0 Å². The van der Waals surface area contributed by atoms with Gasteiger partial charge < -0.3 is 4.90 Å². The summed E-state index contributed by atoms with van der Waals surface area (Å²) in [5.41, 5.74) is 3.34. The lowest BCUT2D eigenvalue weighted by molar-refractivity contribution is -0.127. The minimum absolute atomic E-state index is 0.0750. The molecule has 1 heterocycles. The van der Waals surface area contributed by atoms with Gasteiger partial charge in [0.15, 0.2) is 0 Å². The molecule has 0 aliphatic carbocycles. The van der Waals surface area contributed by atoms with Gasteiger partial charge in [-0.25, -0.2) is 0 Å². The third-order valence-corrected chi connectivity index (χ3v) is 5.55. The van der Waals surface area contributed by atoms with Gasteiger partial charge in [-0.2, -0.15) is 0 Å². The molecule has 2 aromatic rings. The lowest BCUT2D eigenvalue weighted by atomic mass is 10.1. The fourth-order valence-electron chi connectivity index (χ4n) is 2.97. The summed E-state index contributed by atoms with van der Waals surface area (Å²) < 4.78 is 1.03. The van der Waals surface area contributed by atoms with Gasteiger partial charge in [-0.15, -0.1) is 0 Å².